The lowest BCUT2D eigenvalue weighted by Gasteiger charge is -2.34. The summed E-state index contributed by atoms with van der Waals surface area (Å²) in [5, 5.41) is 2.95. The summed E-state index contributed by atoms with van der Waals surface area (Å²) in [4.78, 5) is 32.4. The predicted octanol–water partition coefficient (Wildman–Crippen LogP) is 5.28. The Bertz CT molecular complexity index is 1390. The van der Waals surface area contributed by atoms with Crippen molar-refractivity contribution in [2.24, 2.45) is 0 Å². The lowest BCUT2D eigenvalue weighted by Crippen LogP contribution is -2.39. The predicted molar refractivity (Wildman–Crippen MR) is 139 cm³/mol. The van der Waals surface area contributed by atoms with E-state index in [0.717, 1.165) is 8.95 Å². The highest BCUT2D eigenvalue weighted by Gasteiger charge is 2.35. The molecule has 2 aliphatic heterocycles. The zero-order chi connectivity index (χ0) is 24.5. The van der Waals surface area contributed by atoms with Crippen LogP contribution in [0.3, 0.4) is 0 Å². The van der Waals surface area contributed by atoms with E-state index in [9.17, 15) is 9.59 Å². The molecule has 0 aliphatic carbocycles. The van der Waals surface area contributed by atoms with Gasteiger partial charge in [-0.3, -0.25) is 9.59 Å². The summed E-state index contributed by atoms with van der Waals surface area (Å²) in [6.45, 7) is 0.189. The number of Topliss-reactive ketones (excluding diaryl/α,β-unsaturated/α-hetero) is 1. The number of aromatic nitrogens is 1. The maximum Gasteiger partial charge on any atom is 0.251 e. The van der Waals surface area contributed by atoms with Crippen LogP contribution in [0.15, 0.2) is 93.3 Å². The van der Waals surface area contributed by atoms with Crippen LogP contribution in [0.2, 0.25) is 0 Å². The van der Waals surface area contributed by atoms with Gasteiger partial charge in [-0.05, 0) is 80.4 Å². The van der Waals surface area contributed by atoms with Gasteiger partial charge in [0.2, 0.25) is 0 Å². The Morgan fingerprint density at radius 3 is 2.69 bits per heavy atom. The van der Waals surface area contributed by atoms with E-state index in [-0.39, 0.29) is 18.2 Å². The summed E-state index contributed by atoms with van der Waals surface area (Å²) in [6.07, 6.45) is 4.68. The number of para-hydroxylation sites is 1. The molecular formula is C26H19Br2N3O4. The second-order valence-corrected chi connectivity index (χ2v) is 9.62. The number of pyridine rings is 1. The minimum Gasteiger partial charge on any atom is -0.497 e. The van der Waals surface area contributed by atoms with Crippen molar-refractivity contribution in [2.45, 2.75) is 6.10 Å². The van der Waals surface area contributed by atoms with Gasteiger partial charge in [0, 0.05) is 28.1 Å². The molecule has 0 radical (unpaired) electrons. The molecule has 1 amide bonds. The molecule has 1 aromatic heterocycles. The second-order valence-electron chi connectivity index (χ2n) is 7.85. The number of carbonyl (C=O) groups excluding carboxylic acids is 2. The molecule has 1 N–H and O–H groups in total. The van der Waals surface area contributed by atoms with E-state index in [2.05, 4.69) is 42.2 Å². The van der Waals surface area contributed by atoms with Crippen LogP contribution in [-0.4, -0.2) is 36.4 Å². The second kappa shape index (κ2) is 9.67. The summed E-state index contributed by atoms with van der Waals surface area (Å²) in [6, 6.07) is 15.9. The molecule has 0 saturated heterocycles. The average molecular weight is 597 g/mol. The first-order chi connectivity index (χ1) is 16.9. The largest absolute Gasteiger partial charge is 0.497 e. The number of rotatable bonds is 5. The van der Waals surface area contributed by atoms with Gasteiger partial charge in [-0.25, -0.2) is 4.98 Å². The van der Waals surface area contributed by atoms with Gasteiger partial charge in [0.25, 0.3) is 5.91 Å². The highest BCUT2D eigenvalue weighted by Crippen LogP contribution is 2.37. The normalized spacial score (nSPS) is 16.4. The number of hydrogen-bond donors (Lipinski definition) is 1. The zero-order valence-electron chi connectivity index (χ0n) is 18.5. The van der Waals surface area contributed by atoms with Crippen molar-refractivity contribution < 1.29 is 19.1 Å². The van der Waals surface area contributed by atoms with Crippen molar-refractivity contribution in [3.05, 3.63) is 104 Å². The van der Waals surface area contributed by atoms with Gasteiger partial charge in [-0.1, -0.05) is 12.1 Å². The Kier molecular flexibility index (Phi) is 6.44. The summed E-state index contributed by atoms with van der Waals surface area (Å²) in [7, 11) is 1.58. The third kappa shape index (κ3) is 4.61. The molecule has 35 heavy (non-hydrogen) atoms. The first-order valence-electron chi connectivity index (χ1n) is 10.7. The van der Waals surface area contributed by atoms with Crippen molar-refractivity contribution in [3.63, 3.8) is 0 Å². The number of amides is 1. The van der Waals surface area contributed by atoms with Gasteiger partial charge in [0.15, 0.2) is 11.6 Å². The molecular weight excluding hydrogens is 578 g/mol. The molecule has 2 aliphatic rings. The van der Waals surface area contributed by atoms with Crippen molar-refractivity contribution in [2.75, 3.05) is 18.6 Å². The van der Waals surface area contributed by atoms with Crippen LogP contribution >= 0.6 is 31.9 Å². The number of anilines is 1. The molecule has 0 fully saturated rings. The number of nitrogens with one attached hydrogen (secondary N) is 1. The smallest absolute Gasteiger partial charge is 0.251 e. The van der Waals surface area contributed by atoms with Gasteiger partial charge < -0.3 is 19.7 Å². The molecule has 0 bridgehead atoms. The maximum atomic E-state index is 13.3. The van der Waals surface area contributed by atoms with Crippen LogP contribution in [0.5, 0.6) is 11.5 Å². The van der Waals surface area contributed by atoms with Crippen LogP contribution in [0.4, 0.5) is 5.82 Å². The molecule has 0 spiro atoms. The molecule has 1 atom stereocenters. The Hall–Kier alpha value is -3.43. The lowest BCUT2D eigenvalue weighted by molar-refractivity contribution is 0.0950. The van der Waals surface area contributed by atoms with Crippen molar-refractivity contribution in [3.8, 4) is 11.5 Å². The number of hydrogen-bond acceptors (Lipinski definition) is 6. The molecule has 0 saturated carbocycles. The standard InChI is InChI=1S/C26H19Br2N3O4/c1-34-18-8-6-15(7-9-18)26(33)30-13-17-11-23-20(24(32)19-4-2-3-5-22(19)35-23)14-31(17)25-21(28)10-16(27)12-29-25/h2-12,14,23H,13H2,1H3,(H,30,33)/t23-/m0/s1. The Balaban J connectivity index is 1.47. The van der Waals surface area contributed by atoms with Gasteiger partial charge in [0.05, 0.1) is 29.3 Å². The van der Waals surface area contributed by atoms with Crippen molar-refractivity contribution >= 4 is 49.4 Å². The van der Waals surface area contributed by atoms with E-state index in [1.165, 1.54) is 0 Å². The quantitative estimate of drug-likeness (QED) is 0.432. The Labute approximate surface area is 218 Å². The van der Waals surface area contributed by atoms with Crippen LogP contribution in [0, 0.1) is 0 Å². The van der Waals surface area contributed by atoms with Crippen LogP contribution in [-0.2, 0) is 0 Å². The fourth-order valence-corrected chi connectivity index (χ4v) is 5.09. The highest BCUT2D eigenvalue weighted by atomic mass is 79.9. The van der Waals surface area contributed by atoms with Gasteiger partial charge in [0.1, 0.15) is 17.6 Å². The molecule has 5 rings (SSSR count). The van der Waals surface area contributed by atoms with Crippen LogP contribution in [0.1, 0.15) is 20.7 Å². The van der Waals surface area contributed by atoms with Crippen LogP contribution in [0.25, 0.3) is 0 Å². The average Bonchev–Trinajstić information content (AvgIpc) is 2.87. The number of halogens is 2. The van der Waals surface area contributed by atoms with E-state index in [4.69, 9.17) is 9.47 Å². The summed E-state index contributed by atoms with van der Waals surface area (Å²) < 4.78 is 12.8. The molecule has 9 heteroatoms. The summed E-state index contributed by atoms with van der Waals surface area (Å²) >= 11 is 6.99. The van der Waals surface area contributed by atoms with E-state index < -0.39 is 6.10 Å². The molecule has 2 aromatic carbocycles. The number of methoxy groups -OCH3 is 1. The maximum absolute atomic E-state index is 13.3. The fraction of sp³-hybridized carbons (Fsp3) is 0.115. The molecule has 7 nitrogen and oxygen atoms in total. The van der Waals surface area contributed by atoms with E-state index in [1.807, 2.05) is 24.3 Å². The van der Waals surface area contributed by atoms with Crippen molar-refractivity contribution in [1.29, 1.82) is 0 Å². The van der Waals surface area contributed by atoms with Crippen molar-refractivity contribution in [1.82, 2.24) is 10.3 Å². The monoisotopic (exact) mass is 595 g/mol. The lowest BCUT2D eigenvalue weighted by atomic mass is 9.93. The van der Waals surface area contributed by atoms with E-state index >= 15 is 0 Å². The molecule has 3 aromatic rings. The number of fused-ring (bicyclic) bond motifs is 2. The van der Waals surface area contributed by atoms with E-state index in [0.29, 0.717) is 39.7 Å². The van der Waals surface area contributed by atoms with Gasteiger partial charge >= 0.3 is 0 Å². The Morgan fingerprint density at radius 1 is 1.17 bits per heavy atom. The first kappa shape index (κ1) is 23.3. The minimum absolute atomic E-state index is 0.104. The van der Waals surface area contributed by atoms with Gasteiger partial charge in [-0.2, -0.15) is 0 Å². The van der Waals surface area contributed by atoms with Gasteiger partial charge in [-0.15, -0.1) is 0 Å². The van der Waals surface area contributed by atoms with E-state index in [1.54, 1.807) is 60.8 Å². The SMILES string of the molecule is COc1ccc(C(=O)NCC2=C[C@@H]3Oc4ccccc4C(=O)C3=CN2c2ncc(Br)cc2Br)cc1. The summed E-state index contributed by atoms with van der Waals surface area (Å²) in [5.74, 6) is 1.44. The topological polar surface area (TPSA) is 80.8 Å². The fourth-order valence-electron chi connectivity index (χ4n) is 3.92. The number of benzene rings is 2. The zero-order valence-corrected chi connectivity index (χ0v) is 21.7. The highest BCUT2D eigenvalue weighted by molar-refractivity contribution is 9.11. The third-order valence-electron chi connectivity index (χ3n) is 5.67. The first-order valence-corrected chi connectivity index (χ1v) is 12.3. The Morgan fingerprint density at radius 2 is 1.94 bits per heavy atom. The van der Waals surface area contributed by atoms with Crippen LogP contribution < -0.4 is 19.7 Å². The molecule has 176 valence electrons. The number of ether oxygens (including phenoxy) is 2. The molecule has 3 heterocycles. The number of ketones is 1. The number of carbonyl (C=O) groups is 2. The minimum atomic E-state index is -0.573. The number of nitrogens with zero attached hydrogens (tertiary/aromatic N) is 2. The molecule has 0 unspecified atom stereocenters. The third-order valence-corrected chi connectivity index (χ3v) is 6.69. The summed E-state index contributed by atoms with van der Waals surface area (Å²) in [5.41, 5.74) is 2.22.